The van der Waals surface area contributed by atoms with Gasteiger partial charge >= 0.3 is 0 Å². The first-order valence-corrected chi connectivity index (χ1v) is 14.7. The number of aryl methyl sites for hydroxylation is 1. The zero-order valence-electron chi connectivity index (χ0n) is 23.9. The third kappa shape index (κ3) is 7.86. The molecule has 10 nitrogen and oxygen atoms in total. The van der Waals surface area contributed by atoms with E-state index in [9.17, 15) is 0 Å². The number of anilines is 4. The molecule has 3 fully saturated rings. The number of aromatic nitrogens is 4. The van der Waals surface area contributed by atoms with E-state index in [2.05, 4.69) is 65.5 Å². The number of nitrogens with zero attached hydrogens (tertiary/aromatic N) is 4. The zero-order valence-corrected chi connectivity index (χ0v) is 23.9. The molecule has 4 heterocycles. The van der Waals surface area contributed by atoms with E-state index in [4.69, 9.17) is 9.47 Å². The Labute approximate surface area is 246 Å². The van der Waals surface area contributed by atoms with Gasteiger partial charge in [-0.25, -0.2) is 19.9 Å². The summed E-state index contributed by atoms with van der Waals surface area (Å²) in [4.78, 5) is 17.2. The third-order valence-electron chi connectivity index (χ3n) is 7.43. The first-order chi connectivity index (χ1) is 20.7. The van der Waals surface area contributed by atoms with Crippen molar-refractivity contribution in [1.82, 2.24) is 30.6 Å². The van der Waals surface area contributed by atoms with Gasteiger partial charge in [0.05, 0.1) is 25.4 Å². The fourth-order valence-corrected chi connectivity index (χ4v) is 4.87. The molecule has 4 N–H and O–H groups in total. The molecule has 2 aliphatic heterocycles. The summed E-state index contributed by atoms with van der Waals surface area (Å²) in [7, 11) is 0. The molecule has 10 heteroatoms. The standard InChI is InChI=1S/C17H20N4O.C15H18N4O/c1-2-12(1)14-9-19-17(20-10-14)21-15-5-3-13(4-6-15)16-11-18-7-8-22-16;1-11-8-17-15(18-9-11)19-13-4-2-12(3-5-13)14-10-16-6-7-20-14/h3-6,9-10,12,16,18H,1-2,7-8,11H2,(H,19,20,21);2-5,8-9,14,16H,6-7,10H2,1H3,(H,17,18,19)/t16-;14-/m11/s1. The lowest BCUT2D eigenvalue weighted by molar-refractivity contribution is 0.0276. The van der Waals surface area contributed by atoms with Crippen molar-refractivity contribution in [2.75, 3.05) is 50.0 Å². The van der Waals surface area contributed by atoms with Crippen molar-refractivity contribution in [3.8, 4) is 0 Å². The molecule has 7 rings (SSSR count). The van der Waals surface area contributed by atoms with Crippen molar-refractivity contribution in [3.05, 3.63) is 95.6 Å². The molecule has 0 radical (unpaired) electrons. The molecule has 2 aromatic carbocycles. The van der Waals surface area contributed by atoms with Crippen LogP contribution in [0, 0.1) is 6.92 Å². The molecule has 0 spiro atoms. The number of nitrogens with one attached hydrogen (secondary N) is 4. The Bertz CT molecular complexity index is 1380. The second-order valence-electron chi connectivity index (χ2n) is 10.8. The van der Waals surface area contributed by atoms with Crippen LogP contribution in [0.5, 0.6) is 0 Å². The van der Waals surface area contributed by atoms with E-state index < -0.39 is 0 Å². The van der Waals surface area contributed by atoms with Gasteiger partial charge in [-0.1, -0.05) is 24.3 Å². The second-order valence-corrected chi connectivity index (χ2v) is 10.8. The summed E-state index contributed by atoms with van der Waals surface area (Å²) in [5.41, 5.74) is 6.65. The molecular formula is C32H38N8O2. The van der Waals surface area contributed by atoms with Gasteiger partial charge in [0.25, 0.3) is 0 Å². The molecule has 0 bridgehead atoms. The first-order valence-electron chi connectivity index (χ1n) is 14.7. The predicted octanol–water partition coefficient (Wildman–Crippen LogP) is 4.95. The molecule has 2 saturated heterocycles. The van der Waals surface area contributed by atoms with Gasteiger partial charge in [-0.15, -0.1) is 0 Å². The quantitative estimate of drug-likeness (QED) is 0.245. The summed E-state index contributed by atoms with van der Waals surface area (Å²) < 4.78 is 11.5. The Kier molecular flexibility index (Phi) is 9.26. The summed E-state index contributed by atoms with van der Waals surface area (Å²) in [5.74, 6) is 1.95. The number of ether oxygens (including phenoxy) is 2. The molecule has 0 unspecified atom stereocenters. The molecule has 42 heavy (non-hydrogen) atoms. The van der Waals surface area contributed by atoms with Crippen LogP contribution in [0.25, 0.3) is 0 Å². The van der Waals surface area contributed by atoms with Crippen LogP contribution in [0.15, 0.2) is 73.3 Å². The number of hydrogen-bond acceptors (Lipinski definition) is 10. The van der Waals surface area contributed by atoms with E-state index in [0.29, 0.717) is 17.8 Å². The molecule has 1 aliphatic carbocycles. The van der Waals surface area contributed by atoms with Crippen LogP contribution in [0.2, 0.25) is 0 Å². The lowest BCUT2D eigenvalue weighted by atomic mass is 10.1. The van der Waals surface area contributed by atoms with E-state index >= 15 is 0 Å². The van der Waals surface area contributed by atoms with Gasteiger partial charge in [-0.3, -0.25) is 0 Å². The van der Waals surface area contributed by atoms with Crippen molar-refractivity contribution in [3.63, 3.8) is 0 Å². The molecule has 1 saturated carbocycles. The van der Waals surface area contributed by atoms with Gasteiger partial charge in [0.2, 0.25) is 11.9 Å². The summed E-state index contributed by atoms with van der Waals surface area (Å²) >= 11 is 0. The van der Waals surface area contributed by atoms with Crippen LogP contribution in [-0.4, -0.2) is 59.3 Å². The van der Waals surface area contributed by atoms with Crippen LogP contribution in [-0.2, 0) is 9.47 Å². The molecule has 2 aromatic heterocycles. The highest BCUT2D eigenvalue weighted by Crippen LogP contribution is 2.39. The van der Waals surface area contributed by atoms with Crippen LogP contribution >= 0.6 is 0 Å². The SMILES string of the molecule is Cc1cnc(Nc2ccc([C@H]3CNCCO3)cc2)nc1.c1cc([C@H]2CNCCO2)ccc1Nc1ncc(C2CC2)cn1. The third-order valence-corrected chi connectivity index (χ3v) is 7.43. The van der Waals surface area contributed by atoms with E-state index in [1.165, 1.54) is 29.5 Å². The van der Waals surface area contributed by atoms with Gasteiger partial charge in [0.15, 0.2) is 0 Å². The predicted molar refractivity (Wildman–Crippen MR) is 163 cm³/mol. The molecule has 218 valence electrons. The molecule has 4 aromatic rings. The molecule has 2 atom stereocenters. The first kappa shape index (κ1) is 28.2. The van der Waals surface area contributed by atoms with Crippen molar-refractivity contribution in [1.29, 1.82) is 0 Å². The second kappa shape index (κ2) is 13.8. The maximum atomic E-state index is 5.76. The smallest absolute Gasteiger partial charge is 0.227 e. The van der Waals surface area contributed by atoms with E-state index in [-0.39, 0.29) is 12.2 Å². The molecular weight excluding hydrogens is 528 g/mol. The summed E-state index contributed by atoms with van der Waals surface area (Å²) in [6.07, 6.45) is 10.3. The van der Waals surface area contributed by atoms with Gasteiger partial charge in [-0.05, 0) is 72.2 Å². The maximum absolute atomic E-state index is 5.76. The Morgan fingerprint density at radius 2 is 1.07 bits per heavy atom. The van der Waals surface area contributed by atoms with Crippen molar-refractivity contribution in [2.45, 2.75) is 37.9 Å². The van der Waals surface area contributed by atoms with Gasteiger partial charge < -0.3 is 30.7 Å². The number of rotatable bonds is 7. The fraction of sp³-hybridized carbons (Fsp3) is 0.375. The Morgan fingerprint density at radius 1 is 0.619 bits per heavy atom. The Morgan fingerprint density at radius 3 is 1.48 bits per heavy atom. The fourth-order valence-electron chi connectivity index (χ4n) is 4.87. The number of morpholine rings is 2. The normalized spacial score (nSPS) is 20.2. The van der Waals surface area contributed by atoms with E-state index in [1.807, 2.05) is 43.6 Å². The van der Waals surface area contributed by atoms with E-state index in [0.717, 1.165) is 56.3 Å². The average molecular weight is 567 g/mol. The Hall–Kier alpha value is -3.96. The van der Waals surface area contributed by atoms with Crippen LogP contribution in [0.3, 0.4) is 0 Å². The molecule has 3 aliphatic rings. The summed E-state index contributed by atoms with van der Waals surface area (Å²) in [6.45, 7) is 7.11. The summed E-state index contributed by atoms with van der Waals surface area (Å²) in [5, 5.41) is 13.1. The van der Waals surface area contributed by atoms with Crippen molar-refractivity contribution >= 4 is 23.3 Å². The zero-order chi connectivity index (χ0) is 28.6. The lowest BCUT2D eigenvalue weighted by Crippen LogP contribution is -2.33. The lowest BCUT2D eigenvalue weighted by Gasteiger charge is -2.24. The minimum atomic E-state index is 0.147. The van der Waals surface area contributed by atoms with Crippen LogP contribution < -0.4 is 21.3 Å². The summed E-state index contributed by atoms with van der Waals surface area (Å²) in [6, 6.07) is 16.5. The van der Waals surface area contributed by atoms with Crippen LogP contribution in [0.4, 0.5) is 23.3 Å². The van der Waals surface area contributed by atoms with E-state index in [1.54, 1.807) is 12.4 Å². The highest BCUT2D eigenvalue weighted by Gasteiger charge is 2.24. The topological polar surface area (TPSA) is 118 Å². The van der Waals surface area contributed by atoms with Crippen molar-refractivity contribution in [2.24, 2.45) is 0 Å². The highest BCUT2D eigenvalue weighted by molar-refractivity contribution is 5.54. The number of benzene rings is 2. The largest absolute Gasteiger partial charge is 0.371 e. The minimum Gasteiger partial charge on any atom is -0.371 e. The number of hydrogen-bond donors (Lipinski definition) is 4. The van der Waals surface area contributed by atoms with Crippen LogP contribution in [0.1, 0.15) is 53.2 Å². The minimum absolute atomic E-state index is 0.147. The average Bonchev–Trinajstić information content (AvgIpc) is 3.91. The Balaban J connectivity index is 0.000000151. The monoisotopic (exact) mass is 566 g/mol. The van der Waals surface area contributed by atoms with Gasteiger partial charge in [0.1, 0.15) is 0 Å². The van der Waals surface area contributed by atoms with Gasteiger partial charge in [-0.2, -0.15) is 0 Å². The maximum Gasteiger partial charge on any atom is 0.227 e. The van der Waals surface area contributed by atoms with Gasteiger partial charge in [0, 0.05) is 62.3 Å². The van der Waals surface area contributed by atoms with Crippen molar-refractivity contribution < 1.29 is 9.47 Å². The highest BCUT2D eigenvalue weighted by atomic mass is 16.5. The molecule has 0 amide bonds.